The van der Waals surface area contributed by atoms with Crippen molar-refractivity contribution in [1.29, 1.82) is 0 Å². The van der Waals surface area contributed by atoms with Crippen LogP contribution < -0.4 is 0 Å². The third-order valence-corrected chi connectivity index (χ3v) is 20.0. The highest BCUT2D eigenvalue weighted by molar-refractivity contribution is 5.66. The molecule has 0 heteroatoms. The first-order valence-corrected chi connectivity index (χ1v) is 23.7. The molecule has 0 aromatic heterocycles. The van der Waals surface area contributed by atoms with Crippen molar-refractivity contribution in [2.45, 2.75) is 154 Å². The van der Waals surface area contributed by atoms with E-state index in [0.717, 1.165) is 71.0 Å². The van der Waals surface area contributed by atoms with Crippen LogP contribution in [0.2, 0.25) is 0 Å². The van der Waals surface area contributed by atoms with E-state index >= 15 is 0 Å². The summed E-state index contributed by atoms with van der Waals surface area (Å²) in [5.74, 6) is 20.3. The molecule has 0 aliphatic heterocycles. The number of fused-ring (bicyclic) bond motifs is 12. The van der Waals surface area contributed by atoms with E-state index in [2.05, 4.69) is 11.8 Å². The van der Waals surface area contributed by atoms with Crippen LogP contribution in [0.15, 0.2) is 66.9 Å². The second kappa shape index (κ2) is 10.9. The van der Waals surface area contributed by atoms with Gasteiger partial charge in [-0.3, -0.25) is 0 Å². The molecule has 0 radical (unpaired) electrons. The maximum atomic E-state index is 4.61. The van der Waals surface area contributed by atoms with E-state index < -0.39 is 0 Å². The molecule has 0 atom stereocenters. The van der Waals surface area contributed by atoms with Crippen molar-refractivity contribution in [3.8, 4) is 11.8 Å². The predicted octanol–water partition coefficient (Wildman–Crippen LogP) is 12.9. The molecule has 0 aromatic rings. The zero-order valence-electron chi connectivity index (χ0n) is 32.1. The molecule has 52 heavy (non-hydrogen) atoms. The summed E-state index contributed by atoms with van der Waals surface area (Å²) in [6, 6.07) is 0. The Morgan fingerprint density at radius 2 is 0.346 bits per heavy atom. The van der Waals surface area contributed by atoms with Crippen LogP contribution in [0.4, 0.5) is 0 Å². The fourth-order valence-electron chi connectivity index (χ4n) is 18.2. The summed E-state index contributed by atoms with van der Waals surface area (Å²) in [4.78, 5) is 0. The topological polar surface area (TPSA) is 0 Å². The van der Waals surface area contributed by atoms with Crippen LogP contribution in [-0.2, 0) is 0 Å². The summed E-state index contributed by atoms with van der Waals surface area (Å²) in [6.07, 6.45) is 35.5. The highest BCUT2D eigenvalue weighted by Crippen LogP contribution is 2.67. The van der Waals surface area contributed by atoms with Gasteiger partial charge in [0.15, 0.2) is 0 Å². The molecule has 0 N–H and O–H groups in total. The Bertz CT molecular complexity index is 1640. The Kier molecular flexibility index (Phi) is 6.31. The highest BCUT2D eigenvalue weighted by Gasteiger charge is 2.54. The van der Waals surface area contributed by atoms with Gasteiger partial charge in [-0.1, -0.05) is 11.8 Å². The van der Waals surface area contributed by atoms with Gasteiger partial charge >= 0.3 is 0 Å². The number of rotatable bonds is 0. The molecule has 0 aromatic carbocycles. The largest absolute Gasteiger partial charge is 0.0899 e. The molecule has 0 unspecified atom stereocenters. The minimum absolute atomic E-state index is 0.452. The molecule has 6 saturated carbocycles. The SMILES string of the molecule is C(#CC1C2=C(C3=C(C4=C1C1CCC4CC1)C1CCC3CC1)C1CCC2CC1)C1C2=C(C3=C(C4=C1C1CCC4CC1)C1CCC3CC1)C1CCC2CC1. The Morgan fingerprint density at radius 1 is 0.192 bits per heavy atom. The van der Waals surface area contributed by atoms with Crippen molar-refractivity contribution in [2.24, 2.45) is 82.9 Å². The lowest BCUT2D eigenvalue weighted by atomic mass is 9.56. The number of hydrogen-bond donors (Lipinski definition) is 0. The normalized spacial score (nSPS) is 48.6. The Labute approximate surface area is 314 Å². The van der Waals surface area contributed by atoms with Crippen molar-refractivity contribution < 1.29 is 0 Å². The molecular weight excluding hydrogens is 625 g/mol. The summed E-state index contributed by atoms with van der Waals surface area (Å²) in [5.41, 5.74) is 23.8. The minimum atomic E-state index is 0.452. The van der Waals surface area contributed by atoms with E-state index in [0.29, 0.717) is 11.8 Å². The average molecular weight is 687 g/mol. The van der Waals surface area contributed by atoms with Crippen molar-refractivity contribution in [1.82, 2.24) is 0 Å². The van der Waals surface area contributed by atoms with Crippen molar-refractivity contribution in [3.63, 3.8) is 0 Å². The molecule has 270 valence electrons. The van der Waals surface area contributed by atoms with Gasteiger partial charge in [0.25, 0.3) is 0 Å². The lowest BCUT2D eigenvalue weighted by Gasteiger charge is -2.48. The van der Waals surface area contributed by atoms with Crippen LogP contribution in [0.25, 0.3) is 0 Å². The zero-order chi connectivity index (χ0) is 33.4. The van der Waals surface area contributed by atoms with E-state index in [4.69, 9.17) is 0 Å². The Balaban J connectivity index is 1.03. The van der Waals surface area contributed by atoms with Crippen LogP contribution in [0.3, 0.4) is 0 Å². The minimum Gasteiger partial charge on any atom is -0.0899 e. The van der Waals surface area contributed by atoms with Crippen molar-refractivity contribution >= 4 is 0 Å². The second-order valence-corrected chi connectivity index (χ2v) is 21.6. The summed E-state index contributed by atoms with van der Waals surface area (Å²) in [7, 11) is 0. The molecule has 12 bridgehead atoms. The van der Waals surface area contributed by atoms with Crippen LogP contribution in [0.5, 0.6) is 0 Å². The summed E-state index contributed by atoms with van der Waals surface area (Å²) >= 11 is 0. The zero-order valence-corrected chi connectivity index (χ0v) is 32.1. The first-order valence-electron chi connectivity index (χ1n) is 23.7. The lowest BCUT2D eigenvalue weighted by molar-refractivity contribution is 0.260. The van der Waals surface area contributed by atoms with Crippen LogP contribution in [0.1, 0.15) is 154 Å². The fourth-order valence-corrected chi connectivity index (χ4v) is 18.2. The summed E-state index contributed by atoms with van der Waals surface area (Å²) < 4.78 is 0. The van der Waals surface area contributed by atoms with E-state index in [1.165, 1.54) is 154 Å². The molecule has 0 saturated heterocycles. The quantitative estimate of drug-likeness (QED) is 0.223. The third kappa shape index (κ3) is 3.80. The van der Waals surface area contributed by atoms with Gasteiger partial charge in [0.05, 0.1) is 11.8 Å². The van der Waals surface area contributed by atoms with Crippen molar-refractivity contribution in [2.75, 3.05) is 0 Å². The maximum Gasteiger partial charge on any atom is 0.0639 e. The third-order valence-electron chi connectivity index (χ3n) is 20.0. The van der Waals surface area contributed by atoms with Gasteiger partial charge < -0.3 is 0 Å². The standard InChI is InChI=1S/C52H62/c1-9-31-10-2-27(1)41-39(42-28-3-11-32(12-4-28)46(42)50-36-19-17-35(18-20-36)49(50)45(31)41)25-26-40-43-29-5-13-33(14-6-29)47(43)51-37-21-23-38(24-22-37)52(51)48-34-15-7-30(8-16-34)44(40)48/h27-40H,1-24H2. The number of allylic oxidation sites excluding steroid dienone is 12. The average Bonchev–Trinajstić information content (AvgIpc) is 3.50. The first kappa shape index (κ1) is 30.2. The summed E-state index contributed by atoms with van der Waals surface area (Å²) in [6.45, 7) is 0. The van der Waals surface area contributed by atoms with Gasteiger partial charge in [0, 0.05) is 0 Å². The molecule has 20 aliphatic rings. The van der Waals surface area contributed by atoms with Crippen LogP contribution in [0, 0.1) is 94.7 Å². The highest BCUT2D eigenvalue weighted by atomic mass is 14.6. The summed E-state index contributed by atoms with van der Waals surface area (Å²) in [5, 5.41) is 0. The molecule has 0 spiro atoms. The number of hydrogen-bond acceptors (Lipinski definition) is 0. The van der Waals surface area contributed by atoms with E-state index in [1.54, 1.807) is 0 Å². The fraction of sp³-hybridized carbons (Fsp3) is 0.731. The molecule has 0 amide bonds. The van der Waals surface area contributed by atoms with Gasteiger partial charge in [-0.05, 0) is 292 Å². The maximum absolute atomic E-state index is 4.61. The van der Waals surface area contributed by atoms with E-state index in [9.17, 15) is 0 Å². The first-order chi connectivity index (χ1) is 25.8. The second-order valence-electron chi connectivity index (χ2n) is 21.6. The lowest BCUT2D eigenvalue weighted by Crippen LogP contribution is -2.35. The smallest absolute Gasteiger partial charge is 0.0639 e. The van der Waals surface area contributed by atoms with Crippen LogP contribution >= 0.6 is 0 Å². The van der Waals surface area contributed by atoms with Crippen LogP contribution in [-0.4, -0.2) is 0 Å². The molecular formula is C52H62. The molecule has 20 rings (SSSR count). The van der Waals surface area contributed by atoms with Crippen molar-refractivity contribution in [3.05, 3.63) is 66.9 Å². The van der Waals surface area contributed by atoms with Gasteiger partial charge in [0.1, 0.15) is 0 Å². The monoisotopic (exact) mass is 686 g/mol. The Morgan fingerprint density at radius 3 is 0.538 bits per heavy atom. The van der Waals surface area contributed by atoms with E-state index in [1.807, 2.05) is 66.9 Å². The molecule has 0 heterocycles. The molecule has 6 fully saturated rings. The van der Waals surface area contributed by atoms with Gasteiger partial charge in [0.2, 0.25) is 0 Å². The van der Waals surface area contributed by atoms with Gasteiger partial charge in [-0.25, -0.2) is 0 Å². The molecule has 20 aliphatic carbocycles. The predicted molar refractivity (Wildman–Crippen MR) is 210 cm³/mol. The Hall–Kier alpha value is -2.00. The van der Waals surface area contributed by atoms with Gasteiger partial charge in [-0.2, -0.15) is 0 Å². The van der Waals surface area contributed by atoms with E-state index in [-0.39, 0.29) is 0 Å². The van der Waals surface area contributed by atoms with Gasteiger partial charge in [-0.15, -0.1) is 0 Å². The molecule has 0 nitrogen and oxygen atoms in total.